The molecule has 4 aromatic rings. The first-order chi connectivity index (χ1) is 27.4. The molecule has 58 heavy (non-hydrogen) atoms. The van der Waals surface area contributed by atoms with E-state index in [4.69, 9.17) is 20.7 Å². The van der Waals surface area contributed by atoms with Crippen molar-refractivity contribution in [1.29, 1.82) is 0 Å². The first-order valence-corrected chi connectivity index (χ1v) is 21.1. The number of aromatic nitrogens is 3. The van der Waals surface area contributed by atoms with Crippen LogP contribution < -0.4 is 5.73 Å². The van der Waals surface area contributed by atoms with Crippen molar-refractivity contribution in [2.75, 3.05) is 5.73 Å². The highest BCUT2D eigenvalue weighted by atomic mass is 15.0. The molecule has 0 aliphatic rings. The van der Waals surface area contributed by atoms with Gasteiger partial charge in [0.05, 0.1) is 0 Å². The molecule has 0 radical (unpaired) electrons. The van der Waals surface area contributed by atoms with E-state index in [1.807, 2.05) is 18.2 Å². The summed E-state index contributed by atoms with van der Waals surface area (Å²) in [6, 6.07) is 13.0. The Morgan fingerprint density at radius 2 is 0.897 bits per heavy atom. The van der Waals surface area contributed by atoms with Crippen LogP contribution in [-0.4, -0.2) is 15.0 Å². The minimum absolute atomic E-state index is 0.493. The third kappa shape index (κ3) is 13.0. The van der Waals surface area contributed by atoms with Gasteiger partial charge >= 0.3 is 0 Å². The number of nitrogen functional groups attached to an aromatic ring is 1. The van der Waals surface area contributed by atoms with Crippen molar-refractivity contribution in [2.24, 2.45) is 17.8 Å². The van der Waals surface area contributed by atoms with Gasteiger partial charge in [-0.05, 0) is 161 Å². The molecular weight excluding hydrogens is 705 g/mol. The molecular formula is C54H72N4. The zero-order valence-electron chi connectivity index (χ0n) is 37.7. The summed E-state index contributed by atoms with van der Waals surface area (Å²) in [5.41, 5.74) is 23.7. The van der Waals surface area contributed by atoms with E-state index in [1.54, 1.807) is 0 Å². The van der Waals surface area contributed by atoms with Crippen molar-refractivity contribution in [3.05, 3.63) is 155 Å². The molecule has 0 amide bonds. The fourth-order valence-corrected chi connectivity index (χ4v) is 7.06. The number of allylic oxidation sites excluding steroid dienone is 6. The van der Waals surface area contributed by atoms with Crippen molar-refractivity contribution >= 4 is 5.69 Å². The highest BCUT2D eigenvalue weighted by Gasteiger charge is 2.20. The maximum Gasteiger partial charge on any atom is 0.166 e. The molecule has 0 saturated carbocycles. The van der Waals surface area contributed by atoms with E-state index >= 15 is 0 Å². The lowest BCUT2D eigenvalue weighted by Crippen LogP contribution is -2.08. The minimum atomic E-state index is 0.493. The standard InChI is InChI=1S/C45H56N4.C9H16/c1-13-27(3)15-17-29(5)25-37-20-23-40(35(11)33(37)9)44-47-43(39-22-19-31(7)32(8)34(39)10)48-45(49-44)41-24-21-38(36(12)42(41)46)26-30(6)18-16-28(4)14-2;1-5-9(4)7-6-8(2)3/h13-14,19-24,29-30H,1-4,15-18,25-26,46H2,5-12H3;5,8H,1,4,6-7H2,2-3H3. The van der Waals surface area contributed by atoms with Crippen molar-refractivity contribution in [3.8, 4) is 34.2 Å². The van der Waals surface area contributed by atoms with Gasteiger partial charge in [-0.3, -0.25) is 0 Å². The number of benzene rings is 3. The van der Waals surface area contributed by atoms with Crippen molar-refractivity contribution in [2.45, 2.75) is 121 Å². The Morgan fingerprint density at radius 1 is 0.517 bits per heavy atom. The van der Waals surface area contributed by atoms with Gasteiger partial charge in [-0.1, -0.05) is 132 Å². The van der Waals surface area contributed by atoms with E-state index in [0.717, 1.165) is 95.5 Å². The number of rotatable bonds is 19. The number of aryl methyl sites for hydroxylation is 1. The Labute approximate surface area is 353 Å². The SMILES string of the molecule is C=CC(=C)CCC(C)C.C=CC(=C)CCC(C)Cc1ccc(-c2nc(-c3ccc(C)c(C)c3C)nc(-c3ccc(CC(C)CCC(=C)C=C)c(C)c3N)n2)c(C)c1C. The summed E-state index contributed by atoms with van der Waals surface area (Å²) >= 11 is 0. The van der Waals surface area contributed by atoms with Crippen LogP contribution in [0.3, 0.4) is 0 Å². The van der Waals surface area contributed by atoms with Crippen LogP contribution in [0.5, 0.6) is 0 Å². The molecule has 4 nitrogen and oxygen atoms in total. The second kappa shape index (κ2) is 22.2. The summed E-state index contributed by atoms with van der Waals surface area (Å²) in [5, 5.41) is 0. The van der Waals surface area contributed by atoms with Gasteiger partial charge in [-0.25, -0.2) is 15.0 Å². The van der Waals surface area contributed by atoms with E-state index in [9.17, 15) is 0 Å². The highest BCUT2D eigenvalue weighted by Crippen LogP contribution is 2.35. The van der Waals surface area contributed by atoms with Crippen LogP contribution in [0, 0.1) is 59.3 Å². The number of nitrogens with two attached hydrogens (primary N) is 1. The van der Waals surface area contributed by atoms with Gasteiger partial charge in [0.2, 0.25) is 0 Å². The summed E-state index contributed by atoms with van der Waals surface area (Å²) in [6.45, 7) is 45.3. The fourth-order valence-electron chi connectivity index (χ4n) is 7.06. The Morgan fingerprint density at radius 3 is 1.34 bits per heavy atom. The molecule has 2 unspecified atom stereocenters. The van der Waals surface area contributed by atoms with E-state index in [-0.39, 0.29) is 0 Å². The highest BCUT2D eigenvalue weighted by molar-refractivity contribution is 5.78. The van der Waals surface area contributed by atoms with Gasteiger partial charge in [0.15, 0.2) is 17.5 Å². The molecule has 308 valence electrons. The van der Waals surface area contributed by atoms with Gasteiger partial charge < -0.3 is 5.73 Å². The summed E-state index contributed by atoms with van der Waals surface area (Å²) in [5.74, 6) is 3.73. The average Bonchev–Trinajstić information content (AvgIpc) is 3.20. The molecule has 0 bridgehead atoms. The lowest BCUT2D eigenvalue weighted by Gasteiger charge is -2.19. The van der Waals surface area contributed by atoms with E-state index < -0.39 is 0 Å². The van der Waals surface area contributed by atoms with Gasteiger partial charge in [0, 0.05) is 22.4 Å². The summed E-state index contributed by atoms with van der Waals surface area (Å²) in [6.07, 6.45) is 13.9. The van der Waals surface area contributed by atoms with E-state index in [2.05, 4.69) is 145 Å². The first-order valence-electron chi connectivity index (χ1n) is 21.1. The van der Waals surface area contributed by atoms with Crippen LogP contribution >= 0.6 is 0 Å². The molecule has 1 heterocycles. The van der Waals surface area contributed by atoms with Gasteiger partial charge in [-0.15, -0.1) is 0 Å². The lowest BCUT2D eigenvalue weighted by molar-refractivity contribution is 0.530. The Bertz CT molecular complexity index is 2020. The van der Waals surface area contributed by atoms with Gasteiger partial charge in [0.1, 0.15) is 0 Å². The van der Waals surface area contributed by atoms with Crippen LogP contribution in [-0.2, 0) is 12.8 Å². The topological polar surface area (TPSA) is 64.7 Å². The average molecular weight is 777 g/mol. The lowest BCUT2D eigenvalue weighted by atomic mass is 9.89. The zero-order valence-corrected chi connectivity index (χ0v) is 37.7. The number of hydrogen-bond acceptors (Lipinski definition) is 4. The molecule has 2 N–H and O–H groups in total. The molecule has 4 heteroatoms. The van der Waals surface area contributed by atoms with Crippen LogP contribution in [0.4, 0.5) is 5.69 Å². The number of hydrogen-bond donors (Lipinski definition) is 1. The van der Waals surface area contributed by atoms with Crippen LogP contribution in [0.1, 0.15) is 111 Å². The fraction of sp³-hybridized carbons (Fsp3) is 0.389. The van der Waals surface area contributed by atoms with Crippen molar-refractivity contribution in [3.63, 3.8) is 0 Å². The van der Waals surface area contributed by atoms with E-state index in [0.29, 0.717) is 29.3 Å². The normalized spacial score (nSPS) is 12.0. The van der Waals surface area contributed by atoms with Crippen LogP contribution in [0.25, 0.3) is 34.2 Å². The Kier molecular flexibility index (Phi) is 18.1. The third-order valence-corrected chi connectivity index (χ3v) is 11.9. The van der Waals surface area contributed by atoms with E-state index in [1.165, 1.54) is 45.4 Å². The maximum atomic E-state index is 6.92. The molecule has 0 aliphatic heterocycles. The predicted octanol–water partition coefficient (Wildman–Crippen LogP) is 14.9. The van der Waals surface area contributed by atoms with Crippen molar-refractivity contribution < 1.29 is 0 Å². The molecule has 0 fully saturated rings. The molecule has 1 aromatic heterocycles. The Hall–Kier alpha value is -5.09. The first kappa shape index (κ1) is 47.3. The summed E-state index contributed by atoms with van der Waals surface area (Å²) < 4.78 is 0. The molecule has 2 atom stereocenters. The quantitative estimate of drug-likeness (QED) is 0.0761. The predicted molar refractivity (Wildman–Crippen MR) is 255 cm³/mol. The Balaban J connectivity index is 0.000000891. The van der Waals surface area contributed by atoms with Crippen LogP contribution in [0.15, 0.2) is 111 Å². The summed E-state index contributed by atoms with van der Waals surface area (Å²) in [4.78, 5) is 15.4. The third-order valence-electron chi connectivity index (χ3n) is 11.9. The van der Waals surface area contributed by atoms with Gasteiger partial charge in [0.25, 0.3) is 0 Å². The second-order valence-corrected chi connectivity index (χ2v) is 17.0. The molecule has 4 rings (SSSR count). The largest absolute Gasteiger partial charge is 0.398 e. The van der Waals surface area contributed by atoms with Crippen molar-refractivity contribution in [1.82, 2.24) is 15.0 Å². The molecule has 0 saturated heterocycles. The molecule has 3 aromatic carbocycles. The molecule has 0 aliphatic carbocycles. The molecule has 0 spiro atoms. The number of nitrogens with zero attached hydrogens (tertiary/aromatic N) is 3. The minimum Gasteiger partial charge on any atom is -0.398 e. The second-order valence-electron chi connectivity index (χ2n) is 17.0. The van der Waals surface area contributed by atoms with Gasteiger partial charge in [-0.2, -0.15) is 0 Å². The monoisotopic (exact) mass is 777 g/mol. The van der Waals surface area contributed by atoms with Crippen LogP contribution in [0.2, 0.25) is 0 Å². The zero-order chi connectivity index (χ0) is 43.3. The summed E-state index contributed by atoms with van der Waals surface area (Å²) in [7, 11) is 0. The smallest absolute Gasteiger partial charge is 0.166 e. The maximum absolute atomic E-state index is 6.92. The number of anilines is 1.